The molecule has 3 saturated heterocycles. The van der Waals surface area contributed by atoms with Crippen molar-refractivity contribution in [2.45, 2.75) is 83.3 Å². The van der Waals surface area contributed by atoms with Gasteiger partial charge in [-0.25, -0.2) is 8.78 Å². The van der Waals surface area contributed by atoms with Gasteiger partial charge < -0.3 is 18.8 Å². The van der Waals surface area contributed by atoms with Gasteiger partial charge in [0.2, 0.25) is 0 Å². The average Bonchev–Trinajstić information content (AvgIpc) is 3.38. The summed E-state index contributed by atoms with van der Waals surface area (Å²) in [4.78, 5) is 2.40. The van der Waals surface area contributed by atoms with E-state index in [9.17, 15) is 8.78 Å². The number of hydrogen-bond donors (Lipinski definition) is 0. The van der Waals surface area contributed by atoms with Crippen molar-refractivity contribution in [1.82, 2.24) is 4.90 Å². The lowest BCUT2D eigenvalue weighted by molar-refractivity contribution is -0.0361. The van der Waals surface area contributed by atoms with Crippen LogP contribution in [0.1, 0.15) is 64.2 Å². The lowest BCUT2D eigenvalue weighted by atomic mass is 9.78. The Bertz CT molecular complexity index is 1090. The minimum Gasteiger partial charge on any atom is -0.489 e. The van der Waals surface area contributed by atoms with Crippen LogP contribution >= 0.6 is 0 Å². The van der Waals surface area contributed by atoms with Crippen LogP contribution in [0.5, 0.6) is 5.75 Å². The Balaban J connectivity index is 1.15. The SMILES string of the molecule is Cc1cc(B2OC(C)(C)C(C)(C)O2)ccc1O[C@@H]1CCN([C@@H]2CC[C@@H](c3cc(F)ccc3F)OC2)C1. The van der Waals surface area contributed by atoms with Crippen molar-refractivity contribution in [3.8, 4) is 5.75 Å². The second-order valence-corrected chi connectivity index (χ2v) is 11.4. The van der Waals surface area contributed by atoms with Crippen LogP contribution in [-0.4, -0.2) is 55.1 Å². The molecule has 0 aromatic heterocycles. The first kappa shape index (κ1) is 25.6. The molecule has 3 aliphatic rings. The van der Waals surface area contributed by atoms with E-state index < -0.39 is 17.7 Å². The maximum atomic E-state index is 14.1. The monoisotopic (exact) mass is 499 g/mol. The quantitative estimate of drug-likeness (QED) is 0.545. The Labute approximate surface area is 213 Å². The topological polar surface area (TPSA) is 40.2 Å². The summed E-state index contributed by atoms with van der Waals surface area (Å²) in [6.45, 7) is 12.5. The molecular formula is C28H36BF2NO4. The third-order valence-corrected chi connectivity index (χ3v) is 8.27. The molecule has 8 heteroatoms. The van der Waals surface area contributed by atoms with E-state index in [1.807, 2.05) is 12.1 Å². The van der Waals surface area contributed by atoms with E-state index in [1.54, 1.807) is 0 Å². The maximum absolute atomic E-state index is 14.1. The minimum atomic E-state index is -0.434. The molecule has 3 fully saturated rings. The fourth-order valence-corrected chi connectivity index (χ4v) is 5.32. The largest absolute Gasteiger partial charge is 0.494 e. The molecule has 0 unspecified atom stereocenters. The lowest BCUT2D eigenvalue weighted by Gasteiger charge is -2.35. The molecule has 0 spiro atoms. The molecule has 5 nitrogen and oxygen atoms in total. The van der Waals surface area contributed by atoms with E-state index >= 15 is 0 Å². The smallest absolute Gasteiger partial charge is 0.489 e. The molecule has 0 aliphatic carbocycles. The second-order valence-electron chi connectivity index (χ2n) is 11.4. The predicted molar refractivity (Wildman–Crippen MR) is 136 cm³/mol. The molecule has 36 heavy (non-hydrogen) atoms. The number of nitrogens with zero attached hydrogens (tertiary/aromatic N) is 1. The van der Waals surface area contributed by atoms with Crippen LogP contribution in [0.15, 0.2) is 36.4 Å². The van der Waals surface area contributed by atoms with Crippen molar-refractivity contribution in [3.05, 3.63) is 59.2 Å². The Kier molecular flexibility index (Phi) is 6.92. The molecule has 2 aromatic carbocycles. The highest BCUT2D eigenvalue weighted by Gasteiger charge is 2.51. The van der Waals surface area contributed by atoms with Crippen molar-refractivity contribution in [3.63, 3.8) is 0 Å². The number of rotatable bonds is 5. The molecule has 194 valence electrons. The molecule has 0 amide bonds. The van der Waals surface area contributed by atoms with Gasteiger partial charge in [0, 0.05) is 24.7 Å². The summed E-state index contributed by atoms with van der Waals surface area (Å²) in [5.41, 5.74) is 1.62. The Morgan fingerprint density at radius 3 is 2.39 bits per heavy atom. The van der Waals surface area contributed by atoms with Gasteiger partial charge in [-0.05, 0) is 89.2 Å². The summed E-state index contributed by atoms with van der Waals surface area (Å²) in [6.07, 6.45) is 2.21. The Morgan fingerprint density at radius 2 is 1.72 bits per heavy atom. The maximum Gasteiger partial charge on any atom is 0.494 e. The molecule has 2 aromatic rings. The molecule has 0 saturated carbocycles. The van der Waals surface area contributed by atoms with Gasteiger partial charge in [0.1, 0.15) is 23.5 Å². The van der Waals surface area contributed by atoms with Crippen LogP contribution in [-0.2, 0) is 14.0 Å². The van der Waals surface area contributed by atoms with E-state index in [4.69, 9.17) is 18.8 Å². The highest BCUT2D eigenvalue weighted by molar-refractivity contribution is 6.62. The third kappa shape index (κ3) is 5.06. The van der Waals surface area contributed by atoms with Gasteiger partial charge >= 0.3 is 7.12 Å². The number of ether oxygens (including phenoxy) is 2. The molecule has 5 rings (SSSR count). The first-order chi connectivity index (χ1) is 17.0. The number of aryl methyl sites for hydroxylation is 1. The van der Waals surface area contributed by atoms with Gasteiger partial charge in [-0.15, -0.1) is 0 Å². The van der Waals surface area contributed by atoms with Crippen molar-refractivity contribution >= 4 is 12.6 Å². The Hall–Kier alpha value is -2.00. The number of likely N-dealkylation sites (tertiary alicyclic amines) is 1. The minimum absolute atomic E-state index is 0.102. The zero-order valence-electron chi connectivity index (χ0n) is 21.9. The van der Waals surface area contributed by atoms with Crippen molar-refractivity contribution < 1.29 is 27.6 Å². The average molecular weight is 499 g/mol. The number of benzene rings is 2. The van der Waals surface area contributed by atoms with Gasteiger partial charge in [0.05, 0.1) is 23.9 Å². The fourth-order valence-electron chi connectivity index (χ4n) is 5.32. The van der Waals surface area contributed by atoms with Gasteiger partial charge in [0.15, 0.2) is 0 Å². The first-order valence-corrected chi connectivity index (χ1v) is 13.0. The predicted octanol–water partition coefficient (Wildman–Crippen LogP) is 4.95. The van der Waals surface area contributed by atoms with Crippen LogP contribution in [0.4, 0.5) is 8.78 Å². The van der Waals surface area contributed by atoms with Gasteiger partial charge in [0.25, 0.3) is 0 Å². The zero-order chi connectivity index (χ0) is 25.7. The molecule has 3 atom stereocenters. The molecule has 3 aliphatic heterocycles. The normalized spacial score (nSPS) is 28.0. The van der Waals surface area contributed by atoms with E-state index in [2.05, 4.69) is 45.6 Å². The van der Waals surface area contributed by atoms with Gasteiger partial charge in [-0.2, -0.15) is 0 Å². The number of hydrogen-bond acceptors (Lipinski definition) is 5. The standard InChI is InChI=1S/C28H36BF2NO4/c1-18-14-19(29-35-27(2,3)28(4,5)36-29)6-10-25(18)34-22-12-13-32(16-22)21-8-11-26(33-17-21)23-15-20(30)7-9-24(23)31/h6-7,9-10,14-15,21-22,26H,8,11-13,16-17H2,1-5H3/t21-,22-,26+/m1/s1. The van der Waals surface area contributed by atoms with Crippen LogP contribution in [0, 0.1) is 18.6 Å². The summed E-state index contributed by atoms with van der Waals surface area (Å²) in [5, 5.41) is 0. The third-order valence-electron chi connectivity index (χ3n) is 8.27. The second kappa shape index (κ2) is 9.71. The fraction of sp³-hybridized carbons (Fsp3) is 0.571. The van der Waals surface area contributed by atoms with E-state index in [-0.39, 0.29) is 30.5 Å². The van der Waals surface area contributed by atoms with Crippen LogP contribution in [0.2, 0.25) is 0 Å². The number of halogens is 2. The molecule has 0 radical (unpaired) electrons. The van der Waals surface area contributed by atoms with E-state index in [0.29, 0.717) is 18.6 Å². The molecule has 3 heterocycles. The summed E-state index contributed by atoms with van der Waals surface area (Å²) in [6, 6.07) is 9.95. The van der Waals surface area contributed by atoms with Gasteiger partial charge in [-0.1, -0.05) is 12.1 Å². The molecule has 0 bridgehead atoms. The Morgan fingerprint density at radius 1 is 0.972 bits per heavy atom. The van der Waals surface area contributed by atoms with Crippen LogP contribution in [0.3, 0.4) is 0 Å². The molecule has 0 N–H and O–H groups in total. The summed E-state index contributed by atoms with van der Waals surface area (Å²) >= 11 is 0. The highest BCUT2D eigenvalue weighted by atomic mass is 19.1. The first-order valence-electron chi connectivity index (χ1n) is 13.0. The highest BCUT2D eigenvalue weighted by Crippen LogP contribution is 2.37. The summed E-state index contributed by atoms with van der Waals surface area (Å²) in [5.74, 6) is 0.0361. The van der Waals surface area contributed by atoms with Crippen LogP contribution in [0.25, 0.3) is 0 Å². The summed E-state index contributed by atoms with van der Waals surface area (Å²) < 4.78 is 52.5. The molecular weight excluding hydrogens is 463 g/mol. The van der Waals surface area contributed by atoms with Gasteiger partial charge in [-0.3, -0.25) is 4.90 Å². The zero-order valence-corrected chi connectivity index (χ0v) is 21.9. The van der Waals surface area contributed by atoms with E-state index in [1.165, 1.54) is 12.1 Å². The van der Waals surface area contributed by atoms with Crippen LogP contribution < -0.4 is 10.2 Å². The summed E-state index contributed by atoms with van der Waals surface area (Å²) in [7, 11) is -0.388. The van der Waals surface area contributed by atoms with Crippen molar-refractivity contribution in [1.29, 1.82) is 0 Å². The van der Waals surface area contributed by atoms with Crippen molar-refractivity contribution in [2.75, 3.05) is 19.7 Å². The van der Waals surface area contributed by atoms with Crippen molar-refractivity contribution in [2.24, 2.45) is 0 Å². The van der Waals surface area contributed by atoms with E-state index in [0.717, 1.165) is 48.8 Å². The lowest BCUT2D eigenvalue weighted by Crippen LogP contribution is -2.41.